The summed E-state index contributed by atoms with van der Waals surface area (Å²) in [5.74, 6) is 0.872. The molecule has 0 bridgehead atoms. The molecule has 1 atom stereocenters. The van der Waals surface area contributed by atoms with Gasteiger partial charge in [0.15, 0.2) is 5.96 Å². The van der Waals surface area contributed by atoms with Crippen molar-refractivity contribution in [3.05, 3.63) is 34.3 Å². The van der Waals surface area contributed by atoms with Crippen molar-refractivity contribution >= 4 is 45.9 Å². The molecule has 1 aromatic carbocycles. The van der Waals surface area contributed by atoms with E-state index in [2.05, 4.69) is 64.7 Å². The number of nitrogens with one attached hydrogen (secondary N) is 2. The van der Waals surface area contributed by atoms with Crippen molar-refractivity contribution in [2.75, 3.05) is 39.5 Å². The predicted molar refractivity (Wildman–Crippen MR) is 129 cm³/mol. The van der Waals surface area contributed by atoms with Crippen LogP contribution in [0.1, 0.15) is 45.1 Å². The van der Waals surface area contributed by atoms with Crippen LogP contribution in [0.15, 0.2) is 33.7 Å². The van der Waals surface area contributed by atoms with Crippen LogP contribution in [0.3, 0.4) is 0 Å². The predicted octanol–water partition coefficient (Wildman–Crippen LogP) is 4.24. The zero-order chi connectivity index (χ0) is 19.2. The van der Waals surface area contributed by atoms with Crippen molar-refractivity contribution in [1.29, 1.82) is 0 Å². The molecule has 158 valence electrons. The topological polar surface area (TPSA) is 54.9 Å². The van der Waals surface area contributed by atoms with Crippen LogP contribution in [0.2, 0.25) is 0 Å². The lowest BCUT2D eigenvalue weighted by molar-refractivity contribution is 0.0283. The van der Waals surface area contributed by atoms with Crippen molar-refractivity contribution in [3.8, 4) is 0 Å². The first-order valence-electron chi connectivity index (χ1n) is 10.1. The molecular weight excluding hydrogens is 533 g/mol. The Kier molecular flexibility index (Phi) is 9.50. The lowest BCUT2D eigenvalue weighted by Gasteiger charge is -2.38. The molecule has 2 aliphatic rings. The maximum Gasteiger partial charge on any atom is 0.191 e. The quantitative estimate of drug-likeness (QED) is 0.308. The van der Waals surface area contributed by atoms with E-state index in [1.54, 1.807) is 0 Å². The van der Waals surface area contributed by atoms with Crippen LogP contribution < -0.4 is 10.6 Å². The fourth-order valence-electron chi connectivity index (χ4n) is 3.94. The Balaban J connectivity index is 0.00000280. The van der Waals surface area contributed by atoms with Gasteiger partial charge in [-0.2, -0.15) is 0 Å². The van der Waals surface area contributed by atoms with Gasteiger partial charge >= 0.3 is 0 Å². The van der Waals surface area contributed by atoms with E-state index in [4.69, 9.17) is 14.5 Å². The average Bonchev–Trinajstić information content (AvgIpc) is 3.12. The number of hydrogen-bond acceptors (Lipinski definition) is 3. The van der Waals surface area contributed by atoms with Gasteiger partial charge in [0.05, 0.1) is 12.1 Å². The minimum Gasteiger partial charge on any atom is -0.381 e. The first-order valence-corrected chi connectivity index (χ1v) is 10.8. The van der Waals surface area contributed by atoms with Crippen LogP contribution >= 0.6 is 39.9 Å². The first kappa shape index (κ1) is 23.9. The highest BCUT2D eigenvalue weighted by Gasteiger charge is 2.35. The minimum atomic E-state index is -0.121. The van der Waals surface area contributed by atoms with Crippen LogP contribution in [0.4, 0.5) is 0 Å². The smallest absolute Gasteiger partial charge is 0.191 e. The summed E-state index contributed by atoms with van der Waals surface area (Å²) in [4.78, 5) is 4.82. The fourth-order valence-corrected chi connectivity index (χ4v) is 4.20. The number of rotatable bonds is 6. The number of hydrogen-bond donors (Lipinski definition) is 2. The summed E-state index contributed by atoms with van der Waals surface area (Å²) < 4.78 is 12.6. The van der Waals surface area contributed by atoms with Gasteiger partial charge in [0.2, 0.25) is 0 Å². The summed E-state index contributed by atoms with van der Waals surface area (Å²) in [5.41, 5.74) is 1.32. The van der Waals surface area contributed by atoms with Crippen LogP contribution in [0.5, 0.6) is 0 Å². The summed E-state index contributed by atoms with van der Waals surface area (Å²) in [5, 5.41) is 6.99. The van der Waals surface area contributed by atoms with Crippen molar-refractivity contribution < 1.29 is 9.47 Å². The molecule has 0 radical (unpaired) electrons. The molecule has 2 heterocycles. The third-order valence-corrected chi connectivity index (χ3v) is 6.25. The molecule has 2 N–H and O–H groups in total. The molecule has 0 saturated carbocycles. The first-order chi connectivity index (χ1) is 13.1. The van der Waals surface area contributed by atoms with Crippen LogP contribution in [0.25, 0.3) is 0 Å². The second-order valence-electron chi connectivity index (χ2n) is 7.85. The Bertz CT molecular complexity index is 627. The van der Waals surface area contributed by atoms with Crippen molar-refractivity contribution in [2.24, 2.45) is 4.99 Å². The second-order valence-corrected chi connectivity index (χ2v) is 8.77. The molecule has 28 heavy (non-hydrogen) atoms. The highest BCUT2D eigenvalue weighted by molar-refractivity contribution is 14.0. The number of ether oxygens (including phenoxy) is 2. The van der Waals surface area contributed by atoms with E-state index in [0.717, 1.165) is 69.0 Å². The van der Waals surface area contributed by atoms with Gasteiger partial charge in [0.25, 0.3) is 0 Å². The molecule has 0 amide bonds. The standard InChI is InChI=1S/C21H32BrN3O2.HI/c1-3-23-19(24-15-20(2)9-4-12-27-20)25-16-21(10-13-26-14-11-21)17-5-7-18(22)8-6-17;/h5-8H,3-4,9-16H2,1-2H3,(H2,23,24,25);1H. The summed E-state index contributed by atoms with van der Waals surface area (Å²) in [6.45, 7) is 9.10. The highest BCUT2D eigenvalue weighted by Crippen LogP contribution is 2.35. The minimum absolute atomic E-state index is 0. The molecule has 7 heteroatoms. The Morgan fingerprint density at radius 3 is 2.43 bits per heavy atom. The third kappa shape index (κ3) is 6.31. The molecule has 2 aliphatic heterocycles. The zero-order valence-corrected chi connectivity index (χ0v) is 20.8. The van der Waals surface area contributed by atoms with E-state index < -0.39 is 0 Å². The Morgan fingerprint density at radius 1 is 1.11 bits per heavy atom. The van der Waals surface area contributed by atoms with Gasteiger partial charge in [-0.3, -0.25) is 4.99 Å². The monoisotopic (exact) mass is 565 g/mol. The maximum absolute atomic E-state index is 5.88. The Hall–Kier alpha value is -0.380. The average molecular weight is 566 g/mol. The molecule has 2 fully saturated rings. The van der Waals surface area contributed by atoms with Gasteiger partial charge in [0.1, 0.15) is 0 Å². The Labute approximate surface area is 194 Å². The summed E-state index contributed by atoms with van der Waals surface area (Å²) in [6, 6.07) is 8.72. The SMILES string of the molecule is CCNC(=NCC1(C)CCCO1)NCC1(c2ccc(Br)cc2)CCOCC1.I. The normalized spacial score (nSPS) is 24.5. The maximum atomic E-state index is 5.88. The van der Waals surface area contributed by atoms with Crippen LogP contribution in [0, 0.1) is 0 Å². The molecule has 0 aromatic heterocycles. The fraction of sp³-hybridized carbons (Fsp3) is 0.667. The Morgan fingerprint density at radius 2 is 1.82 bits per heavy atom. The van der Waals surface area contributed by atoms with Gasteiger partial charge in [-0.25, -0.2) is 0 Å². The number of benzene rings is 1. The van der Waals surface area contributed by atoms with E-state index in [-0.39, 0.29) is 35.0 Å². The summed E-state index contributed by atoms with van der Waals surface area (Å²) in [6.07, 6.45) is 4.24. The number of guanidine groups is 1. The van der Waals surface area contributed by atoms with Gasteiger partial charge in [-0.1, -0.05) is 28.1 Å². The third-order valence-electron chi connectivity index (χ3n) is 5.72. The van der Waals surface area contributed by atoms with Gasteiger partial charge in [-0.05, 0) is 57.2 Å². The van der Waals surface area contributed by atoms with E-state index in [0.29, 0.717) is 6.54 Å². The molecular formula is C21H33BrIN3O2. The number of nitrogens with zero attached hydrogens (tertiary/aromatic N) is 1. The zero-order valence-electron chi connectivity index (χ0n) is 16.9. The molecule has 3 rings (SSSR count). The number of halogens is 2. The molecule has 1 unspecified atom stereocenters. The lowest BCUT2D eigenvalue weighted by Crippen LogP contribution is -2.48. The molecule has 2 saturated heterocycles. The summed E-state index contributed by atoms with van der Waals surface area (Å²) in [7, 11) is 0. The largest absolute Gasteiger partial charge is 0.381 e. The molecule has 1 aromatic rings. The van der Waals surface area contributed by atoms with E-state index >= 15 is 0 Å². The summed E-state index contributed by atoms with van der Waals surface area (Å²) >= 11 is 3.55. The van der Waals surface area contributed by atoms with E-state index in [1.807, 2.05) is 0 Å². The van der Waals surface area contributed by atoms with Crippen LogP contribution in [-0.4, -0.2) is 51.0 Å². The molecule has 0 spiro atoms. The van der Waals surface area contributed by atoms with Crippen molar-refractivity contribution in [2.45, 2.75) is 50.5 Å². The van der Waals surface area contributed by atoms with E-state index in [1.165, 1.54) is 5.56 Å². The lowest BCUT2D eigenvalue weighted by atomic mass is 9.74. The second kappa shape index (κ2) is 11.1. The van der Waals surface area contributed by atoms with E-state index in [9.17, 15) is 0 Å². The van der Waals surface area contributed by atoms with Gasteiger partial charge < -0.3 is 20.1 Å². The number of aliphatic imine (C=N–C) groups is 1. The van der Waals surface area contributed by atoms with Gasteiger partial charge in [-0.15, -0.1) is 24.0 Å². The molecule has 5 nitrogen and oxygen atoms in total. The molecule has 0 aliphatic carbocycles. The highest BCUT2D eigenvalue weighted by atomic mass is 127. The van der Waals surface area contributed by atoms with Crippen molar-refractivity contribution in [3.63, 3.8) is 0 Å². The van der Waals surface area contributed by atoms with Crippen molar-refractivity contribution in [1.82, 2.24) is 10.6 Å². The van der Waals surface area contributed by atoms with Gasteiger partial charge in [0, 0.05) is 42.8 Å². The van der Waals surface area contributed by atoms with Crippen LogP contribution in [-0.2, 0) is 14.9 Å².